The maximum atomic E-state index is 12.5. The lowest BCUT2D eigenvalue weighted by Crippen LogP contribution is -3.07. The molecule has 2 aromatic rings. The summed E-state index contributed by atoms with van der Waals surface area (Å²) in [5.74, 6) is -0.0905. The van der Waals surface area contributed by atoms with E-state index in [1.165, 1.54) is 31.2 Å². The second-order valence-electron chi connectivity index (χ2n) is 5.97. The molecule has 0 bridgehead atoms. The Labute approximate surface area is 143 Å². The Morgan fingerprint density at radius 2 is 1.62 bits per heavy atom. The molecule has 2 rings (SSSR count). The van der Waals surface area contributed by atoms with Gasteiger partial charge in [0.1, 0.15) is 6.04 Å². The van der Waals surface area contributed by atoms with Crippen molar-refractivity contribution in [3.8, 4) is 0 Å². The smallest absolute Gasteiger partial charge is 0.240 e. The lowest BCUT2D eigenvalue weighted by Gasteiger charge is -2.22. The Bertz CT molecular complexity index is 785. The lowest BCUT2D eigenvalue weighted by atomic mass is 10.1. The van der Waals surface area contributed by atoms with E-state index < -0.39 is 10.0 Å². The van der Waals surface area contributed by atoms with Crippen molar-refractivity contribution in [3.05, 3.63) is 65.7 Å². The Hall–Kier alpha value is -2.02. The van der Waals surface area contributed by atoms with Crippen molar-refractivity contribution in [1.29, 1.82) is 0 Å². The number of ketones is 1. The molecule has 0 aliphatic carbocycles. The van der Waals surface area contributed by atoms with Crippen LogP contribution in [0.25, 0.3) is 0 Å². The highest BCUT2D eigenvalue weighted by Gasteiger charge is 2.22. The van der Waals surface area contributed by atoms with Gasteiger partial charge in [0, 0.05) is 11.1 Å². The molecule has 2 aromatic carbocycles. The van der Waals surface area contributed by atoms with Gasteiger partial charge in [0.2, 0.25) is 10.0 Å². The van der Waals surface area contributed by atoms with Gasteiger partial charge >= 0.3 is 0 Å². The summed E-state index contributed by atoms with van der Waals surface area (Å²) in [6, 6.07) is 15.8. The van der Waals surface area contributed by atoms with Crippen LogP contribution in [0.4, 0.5) is 0 Å². The molecule has 0 amide bonds. The van der Waals surface area contributed by atoms with Gasteiger partial charge in [-0.25, -0.2) is 13.1 Å². The number of nitrogens with one attached hydrogen (secondary N) is 2. The normalized spacial score (nSPS) is 13.0. The summed E-state index contributed by atoms with van der Waals surface area (Å²) in [5, 5.41) is 0. The average molecular weight is 347 g/mol. The van der Waals surface area contributed by atoms with Crippen molar-refractivity contribution in [1.82, 2.24) is 4.72 Å². The van der Waals surface area contributed by atoms with Gasteiger partial charge < -0.3 is 4.90 Å². The van der Waals surface area contributed by atoms with E-state index in [9.17, 15) is 13.2 Å². The second-order valence-corrected chi connectivity index (χ2v) is 7.74. The zero-order valence-corrected chi connectivity index (χ0v) is 14.9. The van der Waals surface area contributed by atoms with Gasteiger partial charge in [0.05, 0.1) is 25.5 Å². The van der Waals surface area contributed by atoms with Crippen molar-refractivity contribution < 1.29 is 18.1 Å². The van der Waals surface area contributed by atoms with Crippen LogP contribution in [-0.2, 0) is 10.0 Å². The quantitative estimate of drug-likeness (QED) is 0.736. The first-order chi connectivity index (χ1) is 11.3. The Morgan fingerprint density at radius 1 is 1.04 bits per heavy atom. The summed E-state index contributed by atoms with van der Waals surface area (Å²) >= 11 is 0. The van der Waals surface area contributed by atoms with Gasteiger partial charge in [0.15, 0.2) is 5.78 Å². The standard InChI is InChI=1S/C18H22N2O3S/c1-14(21)15-9-11-17(12-10-15)24(22,23)19-13-18(20(2)3)16-7-5-4-6-8-16/h4-12,18-19H,13H2,1-3H3/p+1/t18-/m1/s1. The van der Waals surface area contributed by atoms with Crippen LogP contribution in [-0.4, -0.2) is 34.8 Å². The van der Waals surface area contributed by atoms with Crippen LogP contribution in [0.5, 0.6) is 0 Å². The molecule has 0 radical (unpaired) electrons. The van der Waals surface area contributed by atoms with Gasteiger partial charge in [-0.05, 0) is 19.1 Å². The molecule has 5 nitrogen and oxygen atoms in total. The summed E-state index contributed by atoms with van der Waals surface area (Å²) in [6.07, 6.45) is 0. The molecule has 1 atom stereocenters. The zero-order valence-electron chi connectivity index (χ0n) is 14.1. The number of carbonyl (C=O) groups is 1. The summed E-state index contributed by atoms with van der Waals surface area (Å²) in [5.41, 5.74) is 1.57. The van der Waals surface area contributed by atoms with E-state index in [0.717, 1.165) is 10.5 Å². The molecule has 0 unspecified atom stereocenters. The first-order valence-corrected chi connectivity index (χ1v) is 9.25. The van der Waals surface area contributed by atoms with E-state index in [2.05, 4.69) is 4.72 Å². The molecule has 2 N–H and O–H groups in total. The number of rotatable bonds is 7. The molecule has 0 aliphatic rings. The Balaban J connectivity index is 2.14. The van der Waals surface area contributed by atoms with Crippen LogP contribution in [0.1, 0.15) is 28.9 Å². The molecular formula is C18H23N2O3S+. The second kappa shape index (κ2) is 7.70. The van der Waals surface area contributed by atoms with Crippen LogP contribution in [0.3, 0.4) is 0 Å². The molecule has 0 saturated heterocycles. The lowest BCUT2D eigenvalue weighted by molar-refractivity contribution is -0.890. The first kappa shape index (κ1) is 18.3. The predicted octanol–water partition coefficient (Wildman–Crippen LogP) is 1.05. The third kappa shape index (κ3) is 4.50. The van der Waals surface area contributed by atoms with E-state index in [0.29, 0.717) is 12.1 Å². The van der Waals surface area contributed by atoms with Gasteiger partial charge in [0.25, 0.3) is 0 Å². The monoisotopic (exact) mass is 347 g/mol. The Morgan fingerprint density at radius 3 is 2.12 bits per heavy atom. The highest BCUT2D eigenvalue weighted by Crippen LogP contribution is 2.13. The summed E-state index contributed by atoms with van der Waals surface area (Å²) in [6.45, 7) is 1.75. The average Bonchev–Trinajstić information content (AvgIpc) is 2.55. The maximum Gasteiger partial charge on any atom is 0.240 e. The number of benzene rings is 2. The third-order valence-electron chi connectivity index (χ3n) is 3.95. The minimum atomic E-state index is -3.61. The highest BCUT2D eigenvalue weighted by atomic mass is 32.2. The first-order valence-electron chi connectivity index (χ1n) is 7.77. The fraction of sp³-hybridized carbons (Fsp3) is 0.278. The van der Waals surface area contributed by atoms with E-state index in [1.807, 2.05) is 44.4 Å². The molecule has 0 saturated carbocycles. The minimum Gasteiger partial charge on any atom is -0.333 e. The minimum absolute atomic E-state index is 0.0115. The van der Waals surface area contributed by atoms with Crippen LogP contribution in [0.15, 0.2) is 59.5 Å². The van der Waals surface area contributed by atoms with Gasteiger partial charge in [-0.3, -0.25) is 4.79 Å². The number of likely N-dealkylation sites (N-methyl/N-ethyl adjacent to an activating group) is 1. The van der Waals surface area contributed by atoms with Crippen molar-refractivity contribution in [2.45, 2.75) is 17.9 Å². The van der Waals surface area contributed by atoms with Gasteiger partial charge in [-0.2, -0.15) is 0 Å². The number of hydrogen-bond donors (Lipinski definition) is 2. The summed E-state index contributed by atoms with van der Waals surface area (Å²) < 4.78 is 27.6. The molecule has 6 heteroatoms. The molecule has 128 valence electrons. The molecule has 0 fully saturated rings. The fourth-order valence-corrected chi connectivity index (χ4v) is 3.53. The fourth-order valence-electron chi connectivity index (χ4n) is 2.49. The summed E-state index contributed by atoms with van der Waals surface area (Å²) in [7, 11) is 0.373. The van der Waals surface area contributed by atoms with Crippen LogP contribution in [0.2, 0.25) is 0 Å². The van der Waals surface area contributed by atoms with Crippen molar-refractivity contribution in [2.24, 2.45) is 0 Å². The number of hydrogen-bond acceptors (Lipinski definition) is 3. The van der Waals surface area contributed by atoms with E-state index in [1.54, 1.807) is 0 Å². The maximum absolute atomic E-state index is 12.5. The van der Waals surface area contributed by atoms with Gasteiger partial charge in [-0.15, -0.1) is 0 Å². The van der Waals surface area contributed by atoms with Crippen molar-refractivity contribution >= 4 is 15.8 Å². The molecular weight excluding hydrogens is 324 g/mol. The largest absolute Gasteiger partial charge is 0.333 e. The molecule has 0 aliphatic heterocycles. The van der Waals surface area contributed by atoms with E-state index in [-0.39, 0.29) is 16.7 Å². The zero-order chi connectivity index (χ0) is 17.7. The molecule has 0 spiro atoms. The van der Waals surface area contributed by atoms with E-state index in [4.69, 9.17) is 0 Å². The highest BCUT2D eigenvalue weighted by molar-refractivity contribution is 7.89. The number of Topliss-reactive ketones (excluding diaryl/α,β-unsaturated/α-hetero) is 1. The van der Waals surface area contributed by atoms with Crippen LogP contribution < -0.4 is 9.62 Å². The molecule has 0 heterocycles. The van der Waals surface area contributed by atoms with Crippen LogP contribution >= 0.6 is 0 Å². The predicted molar refractivity (Wildman–Crippen MR) is 93.6 cm³/mol. The number of carbonyl (C=O) groups excluding carboxylic acids is 1. The molecule has 0 aromatic heterocycles. The SMILES string of the molecule is CC(=O)c1ccc(S(=O)(=O)NC[C@H](c2ccccc2)[NH+](C)C)cc1. The van der Waals surface area contributed by atoms with Crippen molar-refractivity contribution in [2.75, 3.05) is 20.6 Å². The van der Waals surface area contributed by atoms with Crippen molar-refractivity contribution in [3.63, 3.8) is 0 Å². The molecule has 24 heavy (non-hydrogen) atoms. The third-order valence-corrected chi connectivity index (χ3v) is 5.39. The topological polar surface area (TPSA) is 67.7 Å². The number of quaternary nitrogens is 1. The Kier molecular flexibility index (Phi) is 5.88. The van der Waals surface area contributed by atoms with Gasteiger partial charge in [-0.1, -0.05) is 42.5 Å². The number of sulfonamides is 1. The van der Waals surface area contributed by atoms with Crippen LogP contribution in [0, 0.1) is 0 Å². The van der Waals surface area contributed by atoms with E-state index >= 15 is 0 Å². The summed E-state index contributed by atoms with van der Waals surface area (Å²) in [4.78, 5) is 12.6.